The van der Waals surface area contributed by atoms with Gasteiger partial charge in [-0.2, -0.15) is 0 Å². The second-order valence-corrected chi connectivity index (χ2v) is 10.7. The number of ether oxygens (including phenoxy) is 1. The number of aliphatic carboxylic acids is 1. The number of hydrogen-bond donors (Lipinski definition) is 3. The molecule has 8 heteroatoms. The Kier molecular flexibility index (Phi) is 7.67. The van der Waals surface area contributed by atoms with Crippen LogP contribution in [-0.4, -0.2) is 64.4 Å². The van der Waals surface area contributed by atoms with Gasteiger partial charge in [-0.3, -0.25) is 15.1 Å². The average Bonchev–Trinajstić information content (AvgIpc) is 3.10. The molecule has 196 valence electrons. The number of carboxylic acid groups (broad SMARTS) is 1. The Morgan fingerprint density at radius 2 is 2.00 bits per heavy atom. The number of pyridine rings is 1. The lowest BCUT2D eigenvalue weighted by Crippen LogP contribution is -2.54. The molecule has 0 bridgehead atoms. The largest absolute Gasteiger partial charge is 0.497 e. The van der Waals surface area contributed by atoms with E-state index in [2.05, 4.69) is 39.5 Å². The first-order chi connectivity index (χ1) is 17.9. The summed E-state index contributed by atoms with van der Waals surface area (Å²) in [6, 6.07) is 16.5. The summed E-state index contributed by atoms with van der Waals surface area (Å²) in [5, 5.41) is 25.7. The SMILES string of the molecule is COc1ccc2ncc(Cl)c([C@@H](O)CNC3(C(=O)O)CCCN(C4CC(c5ccccc5)C4)CC3)c2c1. The van der Waals surface area contributed by atoms with E-state index in [1.165, 1.54) is 11.8 Å². The second-order valence-electron chi connectivity index (χ2n) is 10.3. The first-order valence-electron chi connectivity index (χ1n) is 13.0. The number of nitrogens with zero attached hydrogens (tertiary/aromatic N) is 2. The number of aromatic nitrogens is 1. The summed E-state index contributed by atoms with van der Waals surface area (Å²) in [6.45, 7) is 1.69. The number of aliphatic hydroxyl groups is 1. The minimum atomic E-state index is -1.09. The number of fused-ring (bicyclic) bond motifs is 1. The van der Waals surface area contributed by atoms with Crippen LogP contribution in [0.2, 0.25) is 5.02 Å². The summed E-state index contributed by atoms with van der Waals surface area (Å²) in [4.78, 5) is 19.3. The smallest absolute Gasteiger partial charge is 0.323 e. The van der Waals surface area contributed by atoms with Gasteiger partial charge in [0.25, 0.3) is 0 Å². The van der Waals surface area contributed by atoms with Gasteiger partial charge in [-0.05, 0) is 68.3 Å². The van der Waals surface area contributed by atoms with E-state index in [9.17, 15) is 15.0 Å². The van der Waals surface area contributed by atoms with Crippen molar-refractivity contribution in [2.24, 2.45) is 0 Å². The van der Waals surface area contributed by atoms with Gasteiger partial charge in [-0.15, -0.1) is 0 Å². The third kappa shape index (κ3) is 5.32. The molecule has 1 aromatic heterocycles. The van der Waals surface area contributed by atoms with Crippen LogP contribution >= 0.6 is 11.6 Å². The molecule has 2 heterocycles. The number of aliphatic hydroxyl groups excluding tert-OH is 1. The molecule has 1 aliphatic heterocycles. The number of carbonyl (C=O) groups is 1. The number of methoxy groups -OCH3 is 1. The molecule has 2 fully saturated rings. The van der Waals surface area contributed by atoms with Crippen molar-refractivity contribution in [1.29, 1.82) is 0 Å². The molecule has 37 heavy (non-hydrogen) atoms. The van der Waals surface area contributed by atoms with E-state index in [1.807, 2.05) is 12.1 Å². The lowest BCUT2D eigenvalue weighted by molar-refractivity contribution is -0.145. The fraction of sp³-hybridized carbons (Fsp3) is 0.448. The van der Waals surface area contributed by atoms with E-state index in [-0.39, 0.29) is 6.54 Å². The van der Waals surface area contributed by atoms with E-state index in [4.69, 9.17) is 16.3 Å². The van der Waals surface area contributed by atoms with Gasteiger partial charge in [0.15, 0.2) is 0 Å². The van der Waals surface area contributed by atoms with Gasteiger partial charge in [0, 0.05) is 36.3 Å². The van der Waals surface area contributed by atoms with Crippen molar-refractivity contribution in [3.63, 3.8) is 0 Å². The van der Waals surface area contributed by atoms with Crippen LogP contribution in [0, 0.1) is 0 Å². The maximum absolute atomic E-state index is 12.5. The molecular formula is C29H34ClN3O4. The lowest BCUT2D eigenvalue weighted by atomic mass is 9.75. The van der Waals surface area contributed by atoms with E-state index < -0.39 is 17.6 Å². The molecule has 1 saturated heterocycles. The Labute approximate surface area is 222 Å². The Hall–Kier alpha value is -2.71. The van der Waals surface area contributed by atoms with Crippen LogP contribution in [0.4, 0.5) is 0 Å². The lowest BCUT2D eigenvalue weighted by Gasteiger charge is -2.43. The highest BCUT2D eigenvalue weighted by atomic mass is 35.5. The van der Waals surface area contributed by atoms with E-state index in [1.54, 1.807) is 19.2 Å². The highest BCUT2D eigenvalue weighted by Gasteiger charge is 2.43. The van der Waals surface area contributed by atoms with Crippen LogP contribution in [0.25, 0.3) is 10.9 Å². The number of carboxylic acids is 1. The first kappa shape index (κ1) is 25.9. The zero-order valence-electron chi connectivity index (χ0n) is 21.1. The number of halogens is 1. The molecule has 0 radical (unpaired) electrons. The predicted molar refractivity (Wildman–Crippen MR) is 144 cm³/mol. The third-order valence-electron chi connectivity index (χ3n) is 8.22. The van der Waals surface area contributed by atoms with Crippen LogP contribution in [0.1, 0.15) is 55.3 Å². The van der Waals surface area contributed by atoms with E-state index in [0.717, 1.165) is 32.4 Å². The van der Waals surface area contributed by atoms with Gasteiger partial charge < -0.3 is 19.8 Å². The molecule has 0 spiro atoms. The normalized spacial score (nSPS) is 25.3. The number of benzene rings is 2. The maximum Gasteiger partial charge on any atom is 0.323 e. The predicted octanol–water partition coefficient (Wildman–Crippen LogP) is 4.78. The molecular weight excluding hydrogens is 490 g/mol. The fourth-order valence-electron chi connectivity index (χ4n) is 5.90. The van der Waals surface area contributed by atoms with Crippen molar-refractivity contribution in [3.05, 3.63) is 70.9 Å². The van der Waals surface area contributed by atoms with Gasteiger partial charge in [-0.25, -0.2) is 0 Å². The van der Waals surface area contributed by atoms with Crippen LogP contribution < -0.4 is 10.1 Å². The summed E-state index contributed by atoms with van der Waals surface area (Å²) < 4.78 is 5.34. The molecule has 1 saturated carbocycles. The van der Waals surface area contributed by atoms with Gasteiger partial charge in [-0.1, -0.05) is 41.9 Å². The van der Waals surface area contributed by atoms with Crippen molar-refractivity contribution >= 4 is 28.5 Å². The second kappa shape index (κ2) is 11.0. The van der Waals surface area contributed by atoms with Crippen molar-refractivity contribution < 1.29 is 19.7 Å². The standard InChI is InChI=1S/C29H34ClN3O4/c1-37-22-8-9-25-23(16-22)27(24(30)17-31-25)26(34)18-32-29(28(35)36)10-5-12-33(13-11-29)21-14-20(15-21)19-6-3-2-4-7-19/h2-4,6-9,16-17,20-21,26,32,34H,5,10-15,18H2,1H3,(H,35,36)/t20?,21?,26-,29?/m0/s1. The van der Waals surface area contributed by atoms with Crippen LogP contribution in [0.5, 0.6) is 5.75 Å². The molecule has 2 atom stereocenters. The minimum Gasteiger partial charge on any atom is -0.497 e. The van der Waals surface area contributed by atoms with Crippen LogP contribution in [-0.2, 0) is 4.79 Å². The van der Waals surface area contributed by atoms with E-state index >= 15 is 0 Å². The molecule has 0 amide bonds. The maximum atomic E-state index is 12.5. The summed E-state index contributed by atoms with van der Waals surface area (Å²) in [6.07, 6.45) is 4.55. The van der Waals surface area contributed by atoms with Gasteiger partial charge in [0.1, 0.15) is 11.3 Å². The highest BCUT2D eigenvalue weighted by Crippen LogP contribution is 2.41. The first-order valence-corrected chi connectivity index (χ1v) is 13.4. The molecule has 2 aromatic carbocycles. The topological polar surface area (TPSA) is 94.9 Å². The Bertz CT molecular complexity index is 1250. The molecule has 7 nitrogen and oxygen atoms in total. The number of rotatable bonds is 8. The van der Waals surface area contributed by atoms with Crippen molar-refractivity contribution in [2.45, 2.75) is 55.7 Å². The molecule has 3 N–H and O–H groups in total. The third-order valence-corrected chi connectivity index (χ3v) is 8.52. The Morgan fingerprint density at radius 1 is 1.22 bits per heavy atom. The summed E-state index contributed by atoms with van der Waals surface area (Å²) in [7, 11) is 1.58. The van der Waals surface area contributed by atoms with Crippen LogP contribution in [0.15, 0.2) is 54.7 Å². The van der Waals surface area contributed by atoms with Crippen molar-refractivity contribution in [2.75, 3.05) is 26.7 Å². The van der Waals surface area contributed by atoms with Gasteiger partial charge >= 0.3 is 5.97 Å². The molecule has 1 unspecified atom stereocenters. The van der Waals surface area contributed by atoms with E-state index in [0.29, 0.717) is 52.0 Å². The summed E-state index contributed by atoms with van der Waals surface area (Å²) >= 11 is 6.46. The Morgan fingerprint density at radius 3 is 2.73 bits per heavy atom. The highest BCUT2D eigenvalue weighted by molar-refractivity contribution is 6.32. The monoisotopic (exact) mass is 523 g/mol. The van der Waals surface area contributed by atoms with Gasteiger partial charge in [0.2, 0.25) is 0 Å². The zero-order valence-corrected chi connectivity index (χ0v) is 21.8. The number of hydrogen-bond acceptors (Lipinski definition) is 6. The summed E-state index contributed by atoms with van der Waals surface area (Å²) in [5.41, 5.74) is 1.51. The van der Waals surface area contributed by atoms with Crippen LogP contribution in [0.3, 0.4) is 0 Å². The fourth-order valence-corrected chi connectivity index (χ4v) is 6.17. The minimum absolute atomic E-state index is 0.0713. The molecule has 2 aliphatic rings. The molecule has 1 aliphatic carbocycles. The molecule has 3 aromatic rings. The number of likely N-dealkylation sites (tertiary alicyclic amines) is 1. The summed E-state index contributed by atoms with van der Waals surface area (Å²) in [5.74, 6) is 0.351. The zero-order chi connectivity index (χ0) is 26.0. The quantitative estimate of drug-likeness (QED) is 0.391. The number of nitrogens with one attached hydrogen (secondary N) is 1. The van der Waals surface area contributed by atoms with Crippen molar-refractivity contribution in [1.82, 2.24) is 15.2 Å². The van der Waals surface area contributed by atoms with Gasteiger partial charge in [0.05, 0.1) is 23.8 Å². The Balaban J connectivity index is 1.26. The number of β-amino-alcohol motifs (C(OH)–C–C–N with tert-alkyl or cyclic N) is 1. The average molecular weight is 524 g/mol. The molecule has 5 rings (SSSR count). The van der Waals surface area contributed by atoms with Crippen molar-refractivity contribution in [3.8, 4) is 5.75 Å².